The van der Waals surface area contributed by atoms with Gasteiger partial charge < -0.3 is 19.5 Å². The van der Waals surface area contributed by atoms with Crippen LogP contribution in [0.5, 0.6) is 5.75 Å². The summed E-state index contributed by atoms with van der Waals surface area (Å²) in [5, 5.41) is 18.6. The molecule has 0 aliphatic carbocycles. The molecule has 1 aromatic heterocycles. The molecule has 1 fully saturated rings. The highest BCUT2D eigenvalue weighted by molar-refractivity contribution is 5.20. The first kappa shape index (κ1) is 15.0. The monoisotopic (exact) mass is 282 g/mol. The molecule has 1 aliphatic heterocycles. The van der Waals surface area contributed by atoms with E-state index in [2.05, 4.69) is 4.90 Å². The van der Waals surface area contributed by atoms with Crippen molar-refractivity contribution in [2.45, 2.75) is 39.1 Å². The van der Waals surface area contributed by atoms with Gasteiger partial charge in [-0.1, -0.05) is 0 Å². The van der Waals surface area contributed by atoms with Crippen LogP contribution in [0.3, 0.4) is 0 Å². The van der Waals surface area contributed by atoms with E-state index in [9.17, 15) is 9.90 Å². The van der Waals surface area contributed by atoms with Gasteiger partial charge in [-0.05, 0) is 13.8 Å². The van der Waals surface area contributed by atoms with Crippen LogP contribution in [0.2, 0.25) is 0 Å². The zero-order valence-corrected chi connectivity index (χ0v) is 12.0. The summed E-state index contributed by atoms with van der Waals surface area (Å²) in [5.74, 6) is -0.286. The van der Waals surface area contributed by atoms with Crippen molar-refractivity contribution >= 4 is 0 Å². The van der Waals surface area contributed by atoms with Gasteiger partial charge in [-0.3, -0.25) is 9.69 Å². The van der Waals surface area contributed by atoms with E-state index in [1.807, 2.05) is 13.8 Å². The summed E-state index contributed by atoms with van der Waals surface area (Å²) >= 11 is 0. The van der Waals surface area contributed by atoms with Crippen LogP contribution < -0.4 is 5.43 Å². The van der Waals surface area contributed by atoms with Gasteiger partial charge in [-0.25, -0.2) is 0 Å². The largest absolute Gasteiger partial charge is 0.503 e. The Balaban J connectivity index is 2.19. The number of aromatic hydroxyl groups is 1. The second-order valence-corrected chi connectivity index (χ2v) is 5.38. The molecule has 2 rings (SSSR count). The number of hydrogen-bond acceptors (Lipinski definition) is 5. The third-order valence-electron chi connectivity index (χ3n) is 3.42. The second kappa shape index (κ2) is 6.39. The second-order valence-electron chi connectivity index (χ2n) is 5.38. The fraction of sp³-hybridized carbons (Fsp3) is 0.643. The maximum Gasteiger partial charge on any atom is 0.223 e. The minimum atomic E-state index is -0.386. The third kappa shape index (κ3) is 3.59. The Kier molecular flexibility index (Phi) is 4.80. The van der Waals surface area contributed by atoms with Crippen LogP contribution in [-0.2, 0) is 17.8 Å². The predicted octanol–water partition coefficient (Wildman–Crippen LogP) is 0.155. The average molecular weight is 282 g/mol. The van der Waals surface area contributed by atoms with E-state index in [0.29, 0.717) is 13.1 Å². The molecule has 1 aliphatic rings. The van der Waals surface area contributed by atoms with Gasteiger partial charge in [0.15, 0.2) is 5.75 Å². The molecule has 0 bridgehead atoms. The van der Waals surface area contributed by atoms with Crippen LogP contribution in [0.4, 0.5) is 0 Å². The minimum Gasteiger partial charge on any atom is -0.503 e. The van der Waals surface area contributed by atoms with Crippen molar-refractivity contribution in [1.29, 1.82) is 0 Å². The molecule has 6 nitrogen and oxygen atoms in total. The van der Waals surface area contributed by atoms with Crippen molar-refractivity contribution < 1.29 is 14.9 Å². The highest BCUT2D eigenvalue weighted by Crippen LogP contribution is 2.14. The Bertz CT molecular complexity index is 504. The number of rotatable bonds is 4. The number of morpholine rings is 1. The van der Waals surface area contributed by atoms with Gasteiger partial charge in [0, 0.05) is 37.9 Å². The molecular weight excluding hydrogens is 260 g/mol. The summed E-state index contributed by atoms with van der Waals surface area (Å²) in [6.07, 6.45) is 1.71. The average Bonchev–Trinajstić information content (AvgIpc) is 2.34. The van der Waals surface area contributed by atoms with Gasteiger partial charge in [-0.2, -0.15) is 0 Å². The molecule has 0 aromatic carbocycles. The lowest BCUT2D eigenvalue weighted by molar-refractivity contribution is -0.0710. The van der Waals surface area contributed by atoms with Gasteiger partial charge in [0.25, 0.3) is 0 Å². The van der Waals surface area contributed by atoms with E-state index >= 15 is 0 Å². The van der Waals surface area contributed by atoms with E-state index in [-0.39, 0.29) is 30.0 Å². The van der Waals surface area contributed by atoms with E-state index < -0.39 is 0 Å². The van der Waals surface area contributed by atoms with Crippen LogP contribution in [0.25, 0.3) is 0 Å². The fourth-order valence-corrected chi connectivity index (χ4v) is 2.70. The van der Waals surface area contributed by atoms with Crippen molar-refractivity contribution in [3.63, 3.8) is 0 Å². The summed E-state index contributed by atoms with van der Waals surface area (Å²) in [4.78, 5) is 13.8. The molecule has 0 radical (unpaired) electrons. The topological polar surface area (TPSA) is 74.9 Å². The summed E-state index contributed by atoms with van der Waals surface area (Å²) < 4.78 is 7.41. The number of pyridine rings is 1. The Morgan fingerprint density at radius 2 is 2.00 bits per heavy atom. The third-order valence-corrected chi connectivity index (χ3v) is 3.42. The first-order valence-electron chi connectivity index (χ1n) is 6.90. The van der Waals surface area contributed by atoms with Crippen molar-refractivity contribution in [2.24, 2.45) is 0 Å². The number of ether oxygens (including phenoxy) is 1. The van der Waals surface area contributed by atoms with E-state index in [1.54, 1.807) is 4.57 Å². The number of hydrogen-bond donors (Lipinski definition) is 2. The molecular formula is C14H22N2O4. The highest BCUT2D eigenvalue weighted by atomic mass is 16.5. The Morgan fingerprint density at radius 3 is 2.60 bits per heavy atom. The van der Waals surface area contributed by atoms with Crippen LogP contribution in [0.15, 0.2) is 17.1 Å². The van der Waals surface area contributed by atoms with Gasteiger partial charge in [-0.15, -0.1) is 0 Å². The normalized spacial score (nSPS) is 23.9. The standard InChI is InChI=1S/C14H22N2O4/c1-10-6-15(7-11(2)20-10)8-12-5-13(18)14(19)9-16(12)3-4-17/h5,9-11,17,19H,3-4,6-8H2,1-2H3. The molecule has 1 aromatic rings. The highest BCUT2D eigenvalue weighted by Gasteiger charge is 2.23. The zero-order chi connectivity index (χ0) is 14.7. The molecule has 2 atom stereocenters. The summed E-state index contributed by atoms with van der Waals surface area (Å²) in [6, 6.07) is 1.44. The Labute approximate surface area is 118 Å². The summed E-state index contributed by atoms with van der Waals surface area (Å²) in [7, 11) is 0. The molecule has 0 amide bonds. The molecule has 2 heterocycles. The Hall–Kier alpha value is -1.37. The SMILES string of the molecule is CC1CN(Cc2cc(=O)c(O)cn2CCO)CC(C)O1. The number of aliphatic hydroxyl groups excluding tert-OH is 1. The Morgan fingerprint density at radius 1 is 1.35 bits per heavy atom. The minimum absolute atomic E-state index is 0.0365. The molecule has 112 valence electrons. The molecule has 0 saturated carbocycles. The predicted molar refractivity (Wildman–Crippen MR) is 74.7 cm³/mol. The lowest BCUT2D eigenvalue weighted by atomic mass is 10.2. The lowest BCUT2D eigenvalue weighted by Crippen LogP contribution is -2.45. The summed E-state index contributed by atoms with van der Waals surface area (Å²) in [6.45, 7) is 6.59. The summed E-state index contributed by atoms with van der Waals surface area (Å²) in [5.41, 5.74) is 0.409. The van der Waals surface area contributed by atoms with Gasteiger partial charge in [0.05, 0.1) is 25.0 Å². The molecule has 6 heteroatoms. The van der Waals surface area contributed by atoms with E-state index in [1.165, 1.54) is 12.3 Å². The van der Waals surface area contributed by atoms with Gasteiger partial charge in [0.2, 0.25) is 5.43 Å². The van der Waals surface area contributed by atoms with Crippen LogP contribution in [-0.4, -0.2) is 51.6 Å². The van der Waals surface area contributed by atoms with Crippen LogP contribution in [0, 0.1) is 0 Å². The van der Waals surface area contributed by atoms with Gasteiger partial charge in [0.1, 0.15) is 0 Å². The number of aliphatic hydroxyl groups is 1. The number of aromatic nitrogens is 1. The quantitative estimate of drug-likeness (QED) is 0.822. The fourth-order valence-electron chi connectivity index (χ4n) is 2.70. The maximum atomic E-state index is 11.6. The number of nitrogens with zero attached hydrogens (tertiary/aromatic N) is 2. The van der Waals surface area contributed by atoms with Gasteiger partial charge >= 0.3 is 0 Å². The van der Waals surface area contributed by atoms with Crippen LogP contribution >= 0.6 is 0 Å². The lowest BCUT2D eigenvalue weighted by Gasteiger charge is -2.35. The van der Waals surface area contributed by atoms with Crippen molar-refractivity contribution in [1.82, 2.24) is 9.47 Å². The first-order valence-corrected chi connectivity index (χ1v) is 6.90. The molecule has 0 spiro atoms. The van der Waals surface area contributed by atoms with Crippen molar-refractivity contribution in [3.05, 3.63) is 28.2 Å². The van der Waals surface area contributed by atoms with Crippen molar-refractivity contribution in [3.8, 4) is 5.75 Å². The maximum absolute atomic E-state index is 11.6. The molecule has 1 saturated heterocycles. The molecule has 20 heavy (non-hydrogen) atoms. The smallest absolute Gasteiger partial charge is 0.223 e. The molecule has 2 unspecified atom stereocenters. The van der Waals surface area contributed by atoms with E-state index in [0.717, 1.165) is 18.8 Å². The first-order chi connectivity index (χ1) is 9.49. The van der Waals surface area contributed by atoms with E-state index in [4.69, 9.17) is 9.84 Å². The van der Waals surface area contributed by atoms with Crippen molar-refractivity contribution in [2.75, 3.05) is 19.7 Å². The zero-order valence-electron chi connectivity index (χ0n) is 12.0. The van der Waals surface area contributed by atoms with Crippen LogP contribution in [0.1, 0.15) is 19.5 Å². The molecule has 2 N–H and O–H groups in total.